The SMILES string of the molecule is CNc1cccc(CN(C)c2cc(C)ccc2C)c1. The van der Waals surface area contributed by atoms with Crippen molar-refractivity contribution in [2.24, 2.45) is 0 Å². The van der Waals surface area contributed by atoms with Gasteiger partial charge in [0.15, 0.2) is 0 Å². The van der Waals surface area contributed by atoms with Crippen LogP contribution >= 0.6 is 0 Å². The van der Waals surface area contributed by atoms with Crippen LogP contribution in [0.2, 0.25) is 0 Å². The molecule has 2 nitrogen and oxygen atoms in total. The van der Waals surface area contributed by atoms with E-state index in [0.717, 1.165) is 12.2 Å². The van der Waals surface area contributed by atoms with E-state index in [1.54, 1.807) is 0 Å². The molecule has 0 aliphatic heterocycles. The zero-order valence-electron chi connectivity index (χ0n) is 12.2. The van der Waals surface area contributed by atoms with Crippen molar-refractivity contribution in [2.75, 3.05) is 24.3 Å². The minimum absolute atomic E-state index is 0.916. The van der Waals surface area contributed by atoms with Gasteiger partial charge in [0.2, 0.25) is 0 Å². The Hall–Kier alpha value is -1.96. The molecule has 0 atom stereocenters. The van der Waals surface area contributed by atoms with Crippen LogP contribution in [-0.4, -0.2) is 14.1 Å². The van der Waals surface area contributed by atoms with Crippen LogP contribution in [0, 0.1) is 13.8 Å². The van der Waals surface area contributed by atoms with Gasteiger partial charge in [-0.1, -0.05) is 24.3 Å². The Kier molecular flexibility index (Phi) is 4.10. The molecule has 0 radical (unpaired) electrons. The average molecular weight is 254 g/mol. The third-order valence-electron chi connectivity index (χ3n) is 3.41. The number of anilines is 2. The minimum Gasteiger partial charge on any atom is -0.388 e. The van der Waals surface area contributed by atoms with Gasteiger partial charge >= 0.3 is 0 Å². The molecular weight excluding hydrogens is 232 g/mol. The maximum atomic E-state index is 3.18. The molecule has 0 unspecified atom stereocenters. The molecule has 0 aliphatic carbocycles. The molecule has 2 aromatic rings. The molecule has 0 saturated carbocycles. The van der Waals surface area contributed by atoms with E-state index in [2.05, 4.69) is 73.6 Å². The zero-order chi connectivity index (χ0) is 13.8. The van der Waals surface area contributed by atoms with Crippen LogP contribution in [0.3, 0.4) is 0 Å². The first-order valence-electron chi connectivity index (χ1n) is 6.65. The fourth-order valence-electron chi connectivity index (χ4n) is 2.31. The molecule has 2 rings (SSSR count). The predicted molar refractivity (Wildman–Crippen MR) is 84.0 cm³/mol. The van der Waals surface area contributed by atoms with Gasteiger partial charge in [0.05, 0.1) is 0 Å². The lowest BCUT2D eigenvalue weighted by atomic mass is 10.1. The van der Waals surface area contributed by atoms with Gasteiger partial charge in [-0.05, 0) is 48.7 Å². The van der Waals surface area contributed by atoms with Crippen molar-refractivity contribution >= 4 is 11.4 Å². The fourth-order valence-corrected chi connectivity index (χ4v) is 2.31. The Morgan fingerprint density at radius 2 is 1.84 bits per heavy atom. The topological polar surface area (TPSA) is 15.3 Å². The van der Waals surface area contributed by atoms with Crippen molar-refractivity contribution in [2.45, 2.75) is 20.4 Å². The highest BCUT2D eigenvalue weighted by Gasteiger charge is 2.06. The van der Waals surface area contributed by atoms with Gasteiger partial charge in [-0.3, -0.25) is 0 Å². The molecule has 0 bridgehead atoms. The molecule has 1 N–H and O–H groups in total. The second kappa shape index (κ2) is 5.79. The Bertz CT molecular complexity index is 561. The molecule has 0 spiro atoms. The van der Waals surface area contributed by atoms with Gasteiger partial charge in [-0.2, -0.15) is 0 Å². The van der Waals surface area contributed by atoms with Crippen LogP contribution in [0.4, 0.5) is 11.4 Å². The normalized spacial score (nSPS) is 10.3. The van der Waals surface area contributed by atoms with Gasteiger partial charge < -0.3 is 10.2 Å². The van der Waals surface area contributed by atoms with E-state index in [9.17, 15) is 0 Å². The van der Waals surface area contributed by atoms with E-state index >= 15 is 0 Å². The van der Waals surface area contributed by atoms with Gasteiger partial charge in [-0.25, -0.2) is 0 Å². The number of benzene rings is 2. The lowest BCUT2D eigenvalue weighted by molar-refractivity contribution is 0.916. The van der Waals surface area contributed by atoms with Crippen molar-refractivity contribution in [3.05, 3.63) is 59.2 Å². The number of hydrogen-bond donors (Lipinski definition) is 1. The van der Waals surface area contributed by atoms with Gasteiger partial charge in [0.25, 0.3) is 0 Å². The summed E-state index contributed by atoms with van der Waals surface area (Å²) in [6.45, 7) is 5.22. The second-order valence-electron chi connectivity index (χ2n) is 5.10. The highest BCUT2D eigenvalue weighted by atomic mass is 15.1. The summed E-state index contributed by atoms with van der Waals surface area (Å²) >= 11 is 0. The van der Waals surface area contributed by atoms with E-state index in [-0.39, 0.29) is 0 Å². The number of rotatable bonds is 4. The van der Waals surface area contributed by atoms with Gasteiger partial charge in [0, 0.05) is 32.0 Å². The van der Waals surface area contributed by atoms with Gasteiger partial charge in [0.1, 0.15) is 0 Å². The number of nitrogens with one attached hydrogen (secondary N) is 1. The van der Waals surface area contributed by atoms with Crippen molar-refractivity contribution in [3.8, 4) is 0 Å². The highest BCUT2D eigenvalue weighted by molar-refractivity contribution is 5.55. The quantitative estimate of drug-likeness (QED) is 0.887. The highest BCUT2D eigenvalue weighted by Crippen LogP contribution is 2.22. The first-order valence-corrected chi connectivity index (χ1v) is 6.65. The molecule has 100 valence electrons. The van der Waals surface area contributed by atoms with E-state index < -0.39 is 0 Å². The number of hydrogen-bond acceptors (Lipinski definition) is 2. The van der Waals surface area contributed by atoms with E-state index in [4.69, 9.17) is 0 Å². The molecule has 0 heterocycles. The molecule has 19 heavy (non-hydrogen) atoms. The molecule has 0 aromatic heterocycles. The molecule has 0 saturated heterocycles. The summed E-state index contributed by atoms with van der Waals surface area (Å²) in [7, 11) is 4.10. The third-order valence-corrected chi connectivity index (χ3v) is 3.41. The number of aryl methyl sites for hydroxylation is 2. The fraction of sp³-hybridized carbons (Fsp3) is 0.294. The van der Waals surface area contributed by atoms with E-state index in [1.165, 1.54) is 22.4 Å². The monoisotopic (exact) mass is 254 g/mol. The molecule has 0 amide bonds. The summed E-state index contributed by atoms with van der Waals surface area (Å²) in [4.78, 5) is 2.30. The van der Waals surface area contributed by atoms with E-state index in [0.29, 0.717) is 0 Å². The van der Waals surface area contributed by atoms with Crippen LogP contribution in [0.1, 0.15) is 16.7 Å². The van der Waals surface area contributed by atoms with Crippen molar-refractivity contribution in [3.63, 3.8) is 0 Å². The smallest absolute Gasteiger partial charge is 0.0427 e. The summed E-state index contributed by atoms with van der Waals surface area (Å²) in [5.41, 5.74) is 6.39. The summed E-state index contributed by atoms with van der Waals surface area (Å²) in [6.07, 6.45) is 0. The summed E-state index contributed by atoms with van der Waals surface area (Å²) in [6, 6.07) is 15.1. The standard InChI is InChI=1S/C17H22N2/c1-13-8-9-14(2)17(10-13)19(4)12-15-6-5-7-16(11-15)18-3/h5-11,18H,12H2,1-4H3. The third kappa shape index (κ3) is 3.28. The second-order valence-corrected chi connectivity index (χ2v) is 5.10. The molecular formula is C17H22N2. The molecule has 0 fully saturated rings. The lowest BCUT2D eigenvalue weighted by Crippen LogP contribution is -2.17. The van der Waals surface area contributed by atoms with Crippen molar-refractivity contribution < 1.29 is 0 Å². The van der Waals surface area contributed by atoms with Crippen molar-refractivity contribution in [1.29, 1.82) is 0 Å². The first-order chi connectivity index (χ1) is 9.10. The first kappa shape index (κ1) is 13.5. The van der Waals surface area contributed by atoms with Crippen molar-refractivity contribution in [1.82, 2.24) is 0 Å². The molecule has 0 aliphatic rings. The average Bonchev–Trinajstić information content (AvgIpc) is 2.41. The number of nitrogens with zero attached hydrogens (tertiary/aromatic N) is 1. The minimum atomic E-state index is 0.916. The molecule has 2 aromatic carbocycles. The Morgan fingerprint density at radius 1 is 1.05 bits per heavy atom. The predicted octanol–water partition coefficient (Wildman–Crippen LogP) is 3.98. The Labute approximate surface area is 116 Å². The largest absolute Gasteiger partial charge is 0.388 e. The van der Waals surface area contributed by atoms with Crippen LogP contribution in [-0.2, 0) is 6.54 Å². The summed E-state index contributed by atoms with van der Waals surface area (Å²) in [5, 5.41) is 3.18. The van der Waals surface area contributed by atoms with E-state index in [1.807, 2.05) is 7.05 Å². The zero-order valence-corrected chi connectivity index (χ0v) is 12.2. The Morgan fingerprint density at radius 3 is 2.58 bits per heavy atom. The molecule has 2 heteroatoms. The summed E-state index contributed by atoms with van der Waals surface area (Å²) in [5.74, 6) is 0. The van der Waals surface area contributed by atoms with Crippen LogP contribution in [0.25, 0.3) is 0 Å². The van der Waals surface area contributed by atoms with Crippen LogP contribution < -0.4 is 10.2 Å². The summed E-state index contributed by atoms with van der Waals surface area (Å²) < 4.78 is 0. The maximum Gasteiger partial charge on any atom is 0.0427 e. The maximum absolute atomic E-state index is 3.18. The van der Waals surface area contributed by atoms with Crippen LogP contribution in [0.5, 0.6) is 0 Å². The Balaban J connectivity index is 2.20. The lowest BCUT2D eigenvalue weighted by Gasteiger charge is -2.22. The van der Waals surface area contributed by atoms with Gasteiger partial charge in [-0.15, -0.1) is 0 Å². The van der Waals surface area contributed by atoms with Crippen LogP contribution in [0.15, 0.2) is 42.5 Å².